The van der Waals surface area contributed by atoms with Gasteiger partial charge in [0.2, 0.25) is 11.8 Å². The van der Waals surface area contributed by atoms with Crippen molar-refractivity contribution in [2.45, 2.75) is 51.2 Å². The molecular formula is C22H27N3O7S. The van der Waals surface area contributed by atoms with Crippen LogP contribution < -0.4 is 9.47 Å². The Labute approximate surface area is 194 Å². The molecule has 2 aliphatic rings. The van der Waals surface area contributed by atoms with Crippen LogP contribution in [-0.4, -0.2) is 62.2 Å². The second kappa shape index (κ2) is 10.4. The molecule has 0 radical (unpaired) electrons. The second-order valence-electron chi connectivity index (χ2n) is 8.05. The van der Waals surface area contributed by atoms with E-state index in [-0.39, 0.29) is 18.1 Å². The van der Waals surface area contributed by atoms with Gasteiger partial charge in [-0.05, 0) is 31.0 Å². The number of ether oxygens (including phenoxy) is 2. The van der Waals surface area contributed by atoms with Crippen molar-refractivity contribution in [3.05, 3.63) is 41.7 Å². The first-order valence-corrected chi connectivity index (χ1v) is 11.9. The molecule has 2 aliphatic heterocycles. The lowest BCUT2D eigenvalue weighted by Crippen LogP contribution is -2.48. The highest BCUT2D eigenvalue weighted by molar-refractivity contribution is 7.75. The SMILES string of the molecule is CC[C@H]1C[C@@H](Oc2ncnc(Oc3ccc(C4COS(=O)OC4)cc3)c2C)CCN1C(=O)O. The fourth-order valence-electron chi connectivity index (χ4n) is 4.03. The van der Waals surface area contributed by atoms with Crippen LogP contribution in [0.25, 0.3) is 0 Å². The van der Waals surface area contributed by atoms with Crippen LogP contribution in [0.2, 0.25) is 0 Å². The minimum absolute atomic E-state index is 0.0111. The van der Waals surface area contributed by atoms with Crippen LogP contribution in [0, 0.1) is 6.92 Å². The van der Waals surface area contributed by atoms with Gasteiger partial charge in [-0.2, -0.15) is 4.21 Å². The number of amides is 1. The Hall–Kier alpha value is -2.76. The fraction of sp³-hybridized carbons (Fsp3) is 0.500. The maximum Gasteiger partial charge on any atom is 0.407 e. The van der Waals surface area contributed by atoms with E-state index < -0.39 is 17.5 Å². The average Bonchev–Trinajstić information content (AvgIpc) is 2.82. The van der Waals surface area contributed by atoms with E-state index in [1.165, 1.54) is 11.2 Å². The summed E-state index contributed by atoms with van der Waals surface area (Å²) in [6.45, 7) is 4.92. The molecule has 2 fully saturated rings. The number of rotatable bonds is 6. The van der Waals surface area contributed by atoms with Crippen molar-refractivity contribution >= 4 is 17.5 Å². The van der Waals surface area contributed by atoms with Crippen molar-refractivity contribution in [2.24, 2.45) is 0 Å². The quantitative estimate of drug-likeness (QED) is 0.665. The smallest absolute Gasteiger partial charge is 0.407 e. The summed E-state index contributed by atoms with van der Waals surface area (Å²) in [7, 11) is 0. The lowest BCUT2D eigenvalue weighted by atomic mass is 9.98. The van der Waals surface area contributed by atoms with Crippen LogP contribution in [-0.2, 0) is 19.7 Å². The average molecular weight is 478 g/mol. The second-order valence-corrected chi connectivity index (χ2v) is 8.93. The molecule has 1 aromatic heterocycles. The molecule has 0 bridgehead atoms. The minimum atomic E-state index is -1.66. The van der Waals surface area contributed by atoms with Gasteiger partial charge in [-0.25, -0.2) is 14.8 Å². The van der Waals surface area contributed by atoms with Crippen molar-refractivity contribution in [3.63, 3.8) is 0 Å². The molecule has 0 spiro atoms. The summed E-state index contributed by atoms with van der Waals surface area (Å²) in [5.41, 5.74) is 1.67. The Kier molecular flexibility index (Phi) is 7.41. The lowest BCUT2D eigenvalue weighted by molar-refractivity contribution is 0.0507. The van der Waals surface area contributed by atoms with Crippen LogP contribution in [0.4, 0.5) is 4.79 Å². The number of carbonyl (C=O) groups is 1. The number of nitrogens with zero attached hydrogens (tertiary/aromatic N) is 3. The lowest BCUT2D eigenvalue weighted by Gasteiger charge is -2.37. The van der Waals surface area contributed by atoms with Gasteiger partial charge in [0.1, 0.15) is 18.2 Å². The van der Waals surface area contributed by atoms with Gasteiger partial charge in [-0.15, -0.1) is 0 Å². The summed E-state index contributed by atoms with van der Waals surface area (Å²) in [5.74, 6) is 1.44. The van der Waals surface area contributed by atoms with Crippen molar-refractivity contribution in [1.82, 2.24) is 14.9 Å². The largest absolute Gasteiger partial charge is 0.474 e. The van der Waals surface area contributed by atoms with Crippen molar-refractivity contribution in [2.75, 3.05) is 19.8 Å². The maximum atomic E-state index is 11.4. The van der Waals surface area contributed by atoms with Gasteiger partial charge >= 0.3 is 17.5 Å². The first kappa shape index (κ1) is 23.4. The number of hydrogen-bond acceptors (Lipinski definition) is 8. The number of likely N-dealkylation sites (tertiary alicyclic amines) is 1. The predicted molar refractivity (Wildman–Crippen MR) is 119 cm³/mol. The minimum Gasteiger partial charge on any atom is -0.474 e. The van der Waals surface area contributed by atoms with Crippen molar-refractivity contribution < 1.29 is 31.9 Å². The first-order chi connectivity index (χ1) is 15.9. The summed E-state index contributed by atoms with van der Waals surface area (Å²) in [4.78, 5) is 21.4. The van der Waals surface area contributed by atoms with E-state index in [0.717, 1.165) is 12.0 Å². The van der Waals surface area contributed by atoms with Crippen LogP contribution in [0.5, 0.6) is 17.5 Å². The number of piperidine rings is 1. The van der Waals surface area contributed by atoms with E-state index in [1.54, 1.807) is 0 Å². The molecule has 2 saturated heterocycles. The van der Waals surface area contributed by atoms with E-state index >= 15 is 0 Å². The number of aromatic nitrogens is 2. The van der Waals surface area contributed by atoms with Gasteiger partial charge in [-0.1, -0.05) is 19.1 Å². The Morgan fingerprint density at radius 3 is 2.58 bits per heavy atom. The molecule has 1 N–H and O–H groups in total. The molecule has 0 saturated carbocycles. The van der Waals surface area contributed by atoms with Gasteiger partial charge in [0.05, 0.1) is 18.8 Å². The Morgan fingerprint density at radius 1 is 1.21 bits per heavy atom. The van der Waals surface area contributed by atoms with Crippen LogP contribution >= 0.6 is 0 Å². The summed E-state index contributed by atoms with van der Waals surface area (Å²) < 4.78 is 33.3. The first-order valence-electron chi connectivity index (χ1n) is 10.9. The molecule has 1 aromatic carbocycles. The standard InChI is InChI=1S/C22H27N3O7S/c1-3-17-10-19(8-9-25(17)22(26)27)32-21-14(2)20(23-13-24-21)31-18-6-4-15(5-7-18)16-11-29-33(28)30-12-16/h4-7,13,16-17,19H,3,8-12H2,1-2H3,(H,26,27)/t16?,17-,19-,33?/m0/s1. The highest BCUT2D eigenvalue weighted by Crippen LogP contribution is 2.31. The predicted octanol–water partition coefficient (Wildman–Crippen LogP) is 3.59. The maximum absolute atomic E-state index is 11.4. The third-order valence-corrected chi connectivity index (χ3v) is 6.61. The van der Waals surface area contributed by atoms with E-state index in [4.69, 9.17) is 17.8 Å². The van der Waals surface area contributed by atoms with E-state index in [0.29, 0.717) is 55.7 Å². The van der Waals surface area contributed by atoms with Crippen molar-refractivity contribution in [3.8, 4) is 17.5 Å². The Bertz CT molecular complexity index is 994. The third-order valence-electron chi connectivity index (χ3n) is 5.95. The highest BCUT2D eigenvalue weighted by atomic mass is 32.2. The summed E-state index contributed by atoms with van der Waals surface area (Å²) in [6.07, 6.45) is 2.33. The zero-order valence-corrected chi connectivity index (χ0v) is 19.3. The van der Waals surface area contributed by atoms with Gasteiger partial charge < -0.3 is 19.5 Å². The normalized spacial score (nSPS) is 25.5. The van der Waals surface area contributed by atoms with Gasteiger partial charge in [-0.3, -0.25) is 8.37 Å². The van der Waals surface area contributed by atoms with E-state index in [9.17, 15) is 14.1 Å². The van der Waals surface area contributed by atoms with Crippen molar-refractivity contribution in [1.29, 1.82) is 0 Å². The summed E-state index contributed by atoms with van der Waals surface area (Å²) in [6, 6.07) is 7.41. The van der Waals surface area contributed by atoms with E-state index in [1.807, 2.05) is 38.1 Å². The van der Waals surface area contributed by atoms with Crippen LogP contribution in [0.15, 0.2) is 30.6 Å². The molecule has 2 aromatic rings. The molecule has 178 valence electrons. The molecule has 10 nitrogen and oxygen atoms in total. The number of hydrogen-bond donors (Lipinski definition) is 1. The summed E-state index contributed by atoms with van der Waals surface area (Å²) in [5, 5.41) is 9.36. The molecule has 3 heterocycles. The Morgan fingerprint density at radius 2 is 1.91 bits per heavy atom. The molecule has 0 unspecified atom stereocenters. The summed E-state index contributed by atoms with van der Waals surface area (Å²) >= 11 is -1.66. The van der Waals surface area contributed by atoms with Crippen LogP contribution in [0.1, 0.15) is 43.2 Å². The Balaban J connectivity index is 1.40. The fourth-order valence-corrected chi connectivity index (χ4v) is 4.65. The zero-order valence-electron chi connectivity index (χ0n) is 18.5. The molecular weight excluding hydrogens is 450 g/mol. The third kappa shape index (κ3) is 5.60. The monoisotopic (exact) mass is 477 g/mol. The van der Waals surface area contributed by atoms with E-state index in [2.05, 4.69) is 9.97 Å². The molecule has 2 atom stereocenters. The molecule has 11 heteroatoms. The number of carboxylic acid groups (broad SMARTS) is 1. The highest BCUT2D eigenvalue weighted by Gasteiger charge is 2.32. The molecule has 4 rings (SSSR count). The van der Waals surface area contributed by atoms with Gasteiger partial charge in [0.15, 0.2) is 0 Å². The zero-order chi connectivity index (χ0) is 23.4. The van der Waals surface area contributed by atoms with Gasteiger partial charge in [0.25, 0.3) is 0 Å². The number of benzene rings is 1. The topological polar surface area (TPSA) is 120 Å². The van der Waals surface area contributed by atoms with Gasteiger partial charge in [0, 0.05) is 31.3 Å². The molecule has 33 heavy (non-hydrogen) atoms. The molecule has 1 amide bonds. The molecule has 0 aliphatic carbocycles. The van der Waals surface area contributed by atoms with Crippen LogP contribution in [0.3, 0.4) is 0 Å².